The molecule has 0 atom stereocenters. The molecule has 7 heteroatoms. The molecule has 0 spiro atoms. The molecule has 0 fully saturated rings. The molecule has 2 amide bonds. The summed E-state index contributed by atoms with van der Waals surface area (Å²) in [5.41, 5.74) is 0.923. The number of para-hydroxylation sites is 1. The monoisotopic (exact) mass is 355 g/mol. The number of pyridine rings is 1. The van der Waals surface area contributed by atoms with E-state index in [9.17, 15) is 18.4 Å². The smallest absolute Gasteiger partial charge is 0.244 e. The second-order valence-corrected chi connectivity index (χ2v) is 5.63. The molecule has 26 heavy (non-hydrogen) atoms. The highest BCUT2D eigenvalue weighted by Gasteiger charge is 2.20. The van der Waals surface area contributed by atoms with Gasteiger partial charge in [0.2, 0.25) is 11.8 Å². The molecule has 0 radical (unpaired) electrons. The lowest BCUT2D eigenvalue weighted by atomic mass is 10.2. The van der Waals surface area contributed by atoms with Crippen LogP contribution in [-0.2, 0) is 9.59 Å². The van der Waals surface area contributed by atoms with Gasteiger partial charge in [-0.1, -0.05) is 18.2 Å². The zero-order chi connectivity index (χ0) is 18.7. The van der Waals surface area contributed by atoms with Crippen LogP contribution in [0.5, 0.6) is 0 Å². The van der Waals surface area contributed by atoms with E-state index in [-0.39, 0.29) is 5.69 Å². The molecule has 3 rings (SSSR count). The molecule has 0 unspecified atom stereocenters. The number of anilines is 2. The number of rotatable bonds is 4. The zero-order valence-electron chi connectivity index (χ0n) is 13.9. The number of nitrogens with zero attached hydrogens (tertiary/aromatic N) is 2. The van der Waals surface area contributed by atoms with Gasteiger partial charge in [0.25, 0.3) is 0 Å². The number of nitrogens with one attached hydrogen (secondary N) is 1. The predicted molar refractivity (Wildman–Crippen MR) is 94.8 cm³/mol. The molecule has 5 nitrogen and oxygen atoms in total. The molecule has 0 aliphatic carbocycles. The highest BCUT2D eigenvalue weighted by atomic mass is 19.1. The number of carbonyl (C=O) groups is 2. The quantitative estimate of drug-likeness (QED) is 0.779. The van der Waals surface area contributed by atoms with Crippen LogP contribution in [0.3, 0.4) is 0 Å². The lowest BCUT2D eigenvalue weighted by Crippen LogP contribution is -2.37. The van der Waals surface area contributed by atoms with E-state index in [1.165, 1.54) is 6.92 Å². The Kier molecular flexibility index (Phi) is 4.88. The second-order valence-electron chi connectivity index (χ2n) is 5.63. The van der Waals surface area contributed by atoms with E-state index in [2.05, 4.69) is 10.3 Å². The van der Waals surface area contributed by atoms with Crippen molar-refractivity contribution in [1.82, 2.24) is 4.98 Å². The maximum atomic E-state index is 14.0. The molecular formula is C19H15F2N3O2. The predicted octanol–water partition coefficient (Wildman–Crippen LogP) is 3.50. The van der Waals surface area contributed by atoms with E-state index >= 15 is 0 Å². The summed E-state index contributed by atoms with van der Waals surface area (Å²) in [6.07, 6.45) is 1.60. The largest absolute Gasteiger partial charge is 0.323 e. The van der Waals surface area contributed by atoms with Gasteiger partial charge >= 0.3 is 0 Å². The number of amides is 2. The maximum absolute atomic E-state index is 14.0. The molecule has 0 saturated carbocycles. The van der Waals surface area contributed by atoms with Gasteiger partial charge in [0, 0.05) is 24.6 Å². The van der Waals surface area contributed by atoms with Crippen LogP contribution in [0.1, 0.15) is 6.92 Å². The van der Waals surface area contributed by atoms with E-state index in [4.69, 9.17) is 0 Å². The van der Waals surface area contributed by atoms with Crippen LogP contribution in [0.2, 0.25) is 0 Å². The summed E-state index contributed by atoms with van der Waals surface area (Å²) in [7, 11) is 0. The van der Waals surface area contributed by atoms with Crippen LogP contribution in [-0.4, -0.2) is 23.3 Å². The molecule has 132 valence electrons. The number of benzene rings is 2. The van der Waals surface area contributed by atoms with Gasteiger partial charge in [0.1, 0.15) is 18.2 Å². The summed E-state index contributed by atoms with van der Waals surface area (Å²) in [6, 6.07) is 11.8. The first-order valence-corrected chi connectivity index (χ1v) is 7.82. The summed E-state index contributed by atoms with van der Waals surface area (Å²) >= 11 is 0. The van der Waals surface area contributed by atoms with Gasteiger partial charge in [-0.3, -0.25) is 14.6 Å². The average Bonchev–Trinajstić information content (AvgIpc) is 2.60. The van der Waals surface area contributed by atoms with Gasteiger partial charge in [0.05, 0.1) is 16.9 Å². The van der Waals surface area contributed by atoms with E-state index in [0.717, 1.165) is 22.4 Å². The number of hydrogen-bond donors (Lipinski definition) is 1. The molecular weight excluding hydrogens is 340 g/mol. The van der Waals surface area contributed by atoms with Crippen molar-refractivity contribution in [3.8, 4) is 0 Å². The Hall–Kier alpha value is -3.35. The molecule has 0 aliphatic rings. The number of carbonyl (C=O) groups excluding carboxylic acids is 2. The first-order chi connectivity index (χ1) is 12.5. The molecule has 1 N–H and O–H groups in total. The van der Waals surface area contributed by atoms with Crippen LogP contribution in [0.25, 0.3) is 10.9 Å². The maximum Gasteiger partial charge on any atom is 0.244 e. The Morgan fingerprint density at radius 3 is 2.62 bits per heavy atom. The lowest BCUT2D eigenvalue weighted by Gasteiger charge is -2.21. The summed E-state index contributed by atoms with van der Waals surface area (Å²) < 4.78 is 27.1. The molecule has 0 aliphatic heterocycles. The van der Waals surface area contributed by atoms with Crippen molar-refractivity contribution in [1.29, 1.82) is 0 Å². The SMILES string of the molecule is CC(=O)N(CC(=O)Nc1cccc2cccnc12)c1ccc(F)cc1F. The Morgan fingerprint density at radius 2 is 1.88 bits per heavy atom. The summed E-state index contributed by atoms with van der Waals surface area (Å²) in [5, 5.41) is 3.52. The lowest BCUT2D eigenvalue weighted by molar-refractivity contribution is -0.120. The fourth-order valence-electron chi connectivity index (χ4n) is 2.60. The minimum absolute atomic E-state index is 0.162. The average molecular weight is 355 g/mol. The number of halogens is 2. The van der Waals surface area contributed by atoms with Crippen LogP contribution in [0.4, 0.5) is 20.2 Å². The Balaban J connectivity index is 1.83. The third-order valence-corrected chi connectivity index (χ3v) is 3.79. The van der Waals surface area contributed by atoms with Gasteiger partial charge in [-0.2, -0.15) is 0 Å². The highest BCUT2D eigenvalue weighted by molar-refractivity contribution is 6.05. The molecule has 1 heterocycles. The Bertz CT molecular complexity index is 986. The minimum atomic E-state index is -0.917. The number of aromatic nitrogens is 1. The van der Waals surface area contributed by atoms with Gasteiger partial charge in [-0.15, -0.1) is 0 Å². The third-order valence-electron chi connectivity index (χ3n) is 3.79. The first kappa shape index (κ1) is 17.5. The van der Waals surface area contributed by atoms with Gasteiger partial charge in [-0.25, -0.2) is 8.78 Å². The standard InChI is InChI=1S/C19H15F2N3O2/c1-12(25)24(17-8-7-14(20)10-15(17)21)11-18(26)23-16-6-2-4-13-5-3-9-22-19(13)16/h2-10H,11H2,1H3,(H,23,26). The van der Waals surface area contributed by atoms with Gasteiger partial charge < -0.3 is 10.2 Å². The van der Waals surface area contributed by atoms with Crippen LogP contribution in [0, 0.1) is 11.6 Å². The van der Waals surface area contributed by atoms with E-state index in [1.807, 2.05) is 12.1 Å². The van der Waals surface area contributed by atoms with Crippen molar-refractivity contribution in [2.45, 2.75) is 6.92 Å². The Morgan fingerprint density at radius 1 is 1.12 bits per heavy atom. The minimum Gasteiger partial charge on any atom is -0.323 e. The zero-order valence-corrected chi connectivity index (χ0v) is 13.9. The third kappa shape index (κ3) is 3.66. The van der Waals surface area contributed by atoms with E-state index in [1.54, 1.807) is 24.4 Å². The van der Waals surface area contributed by atoms with E-state index < -0.39 is 30.0 Å². The molecule has 3 aromatic rings. The summed E-state index contributed by atoms with van der Waals surface area (Å²) in [6.45, 7) is 0.788. The van der Waals surface area contributed by atoms with Crippen molar-refractivity contribution in [3.05, 3.63) is 66.4 Å². The second kappa shape index (κ2) is 7.26. The molecule has 1 aromatic heterocycles. The topological polar surface area (TPSA) is 62.3 Å². The fraction of sp³-hybridized carbons (Fsp3) is 0.105. The molecule has 0 saturated heterocycles. The summed E-state index contributed by atoms with van der Waals surface area (Å²) in [4.78, 5) is 29.4. The van der Waals surface area contributed by atoms with Crippen molar-refractivity contribution in [2.75, 3.05) is 16.8 Å². The van der Waals surface area contributed by atoms with Gasteiger partial charge in [0.15, 0.2) is 0 Å². The van der Waals surface area contributed by atoms with Crippen molar-refractivity contribution < 1.29 is 18.4 Å². The Labute approximate surface area is 148 Å². The first-order valence-electron chi connectivity index (χ1n) is 7.82. The molecule has 2 aromatic carbocycles. The van der Waals surface area contributed by atoms with Crippen molar-refractivity contribution in [2.24, 2.45) is 0 Å². The van der Waals surface area contributed by atoms with Crippen molar-refractivity contribution >= 4 is 34.1 Å². The molecule has 0 bridgehead atoms. The number of hydrogen-bond acceptors (Lipinski definition) is 3. The summed E-state index contributed by atoms with van der Waals surface area (Å²) in [5.74, 6) is -2.75. The van der Waals surface area contributed by atoms with Gasteiger partial charge in [-0.05, 0) is 24.3 Å². The van der Waals surface area contributed by atoms with Crippen LogP contribution in [0.15, 0.2) is 54.7 Å². The fourth-order valence-corrected chi connectivity index (χ4v) is 2.60. The highest BCUT2D eigenvalue weighted by Crippen LogP contribution is 2.22. The van der Waals surface area contributed by atoms with E-state index in [0.29, 0.717) is 17.3 Å². The van der Waals surface area contributed by atoms with Crippen LogP contribution >= 0.6 is 0 Å². The van der Waals surface area contributed by atoms with Crippen LogP contribution < -0.4 is 10.2 Å². The van der Waals surface area contributed by atoms with Crippen molar-refractivity contribution in [3.63, 3.8) is 0 Å². The number of fused-ring (bicyclic) bond motifs is 1. The normalized spacial score (nSPS) is 10.6.